The SMILES string of the molecule is CC(O)c1nnc(-c2ccccc2C(F)(F)F)n1C. The molecule has 1 heterocycles. The molecule has 0 saturated carbocycles. The van der Waals surface area contributed by atoms with Gasteiger partial charge in [0.2, 0.25) is 0 Å². The van der Waals surface area contributed by atoms with Gasteiger partial charge in [-0.15, -0.1) is 10.2 Å². The molecule has 0 fully saturated rings. The Balaban J connectivity index is 2.60. The number of alkyl halides is 3. The quantitative estimate of drug-likeness (QED) is 0.913. The van der Waals surface area contributed by atoms with Gasteiger partial charge in [0.1, 0.15) is 6.10 Å². The lowest BCUT2D eigenvalue weighted by atomic mass is 10.1. The van der Waals surface area contributed by atoms with Gasteiger partial charge in [0.15, 0.2) is 11.6 Å². The van der Waals surface area contributed by atoms with Crippen molar-refractivity contribution in [3.05, 3.63) is 35.7 Å². The third kappa shape index (κ3) is 2.46. The summed E-state index contributed by atoms with van der Waals surface area (Å²) < 4.78 is 40.1. The molecule has 2 rings (SSSR count). The Bertz CT molecular complexity index is 590. The van der Waals surface area contributed by atoms with E-state index in [9.17, 15) is 18.3 Å². The van der Waals surface area contributed by atoms with Crippen LogP contribution in [-0.4, -0.2) is 19.9 Å². The van der Waals surface area contributed by atoms with Crippen molar-refractivity contribution >= 4 is 0 Å². The lowest BCUT2D eigenvalue weighted by molar-refractivity contribution is -0.137. The van der Waals surface area contributed by atoms with Gasteiger partial charge in [-0.1, -0.05) is 18.2 Å². The molecule has 0 saturated heterocycles. The van der Waals surface area contributed by atoms with Crippen LogP contribution in [0.2, 0.25) is 0 Å². The number of aliphatic hydroxyl groups is 1. The van der Waals surface area contributed by atoms with Crippen LogP contribution < -0.4 is 0 Å². The van der Waals surface area contributed by atoms with Crippen molar-refractivity contribution in [3.63, 3.8) is 0 Å². The van der Waals surface area contributed by atoms with Crippen LogP contribution in [0.5, 0.6) is 0 Å². The van der Waals surface area contributed by atoms with E-state index < -0.39 is 17.8 Å². The van der Waals surface area contributed by atoms with Gasteiger partial charge in [0, 0.05) is 12.6 Å². The molecule has 1 unspecified atom stereocenters. The van der Waals surface area contributed by atoms with Crippen LogP contribution in [0.1, 0.15) is 24.4 Å². The molecule has 0 aliphatic rings. The summed E-state index contributed by atoms with van der Waals surface area (Å²) in [6.07, 6.45) is -5.36. The molecule has 0 radical (unpaired) electrons. The van der Waals surface area contributed by atoms with Crippen molar-refractivity contribution in [2.24, 2.45) is 7.05 Å². The summed E-state index contributed by atoms with van der Waals surface area (Å²) in [6.45, 7) is 1.48. The summed E-state index contributed by atoms with van der Waals surface area (Å²) in [6, 6.07) is 5.14. The molecule has 102 valence electrons. The zero-order chi connectivity index (χ0) is 14.2. The molecule has 0 amide bonds. The second-order valence-electron chi connectivity index (χ2n) is 4.16. The molecule has 19 heavy (non-hydrogen) atoms. The first-order chi connectivity index (χ1) is 8.82. The molecular formula is C12H12F3N3O. The van der Waals surface area contributed by atoms with E-state index in [-0.39, 0.29) is 17.2 Å². The Morgan fingerprint density at radius 1 is 1.21 bits per heavy atom. The molecule has 7 heteroatoms. The summed E-state index contributed by atoms with van der Waals surface area (Å²) in [4.78, 5) is 0. The van der Waals surface area contributed by atoms with Crippen molar-refractivity contribution in [3.8, 4) is 11.4 Å². The molecule has 0 aliphatic carbocycles. The Hall–Kier alpha value is -1.89. The molecule has 0 spiro atoms. The summed E-state index contributed by atoms with van der Waals surface area (Å²) >= 11 is 0. The predicted octanol–water partition coefficient (Wildman–Crippen LogP) is 2.55. The zero-order valence-corrected chi connectivity index (χ0v) is 10.3. The summed E-state index contributed by atoms with van der Waals surface area (Å²) in [5.41, 5.74) is -0.834. The highest BCUT2D eigenvalue weighted by molar-refractivity contribution is 5.61. The second-order valence-corrected chi connectivity index (χ2v) is 4.16. The maximum atomic E-state index is 12.9. The minimum Gasteiger partial charge on any atom is -0.385 e. The second kappa shape index (κ2) is 4.65. The molecule has 1 N–H and O–H groups in total. The van der Waals surface area contributed by atoms with Gasteiger partial charge >= 0.3 is 6.18 Å². The monoisotopic (exact) mass is 271 g/mol. The zero-order valence-electron chi connectivity index (χ0n) is 10.3. The van der Waals surface area contributed by atoms with Crippen LogP contribution in [-0.2, 0) is 13.2 Å². The van der Waals surface area contributed by atoms with Gasteiger partial charge in [-0.25, -0.2) is 0 Å². The number of aromatic nitrogens is 3. The Kier molecular flexibility index (Phi) is 3.32. The van der Waals surface area contributed by atoms with E-state index in [1.54, 1.807) is 0 Å². The number of aliphatic hydroxyl groups excluding tert-OH is 1. The first-order valence-corrected chi connectivity index (χ1v) is 5.56. The van der Waals surface area contributed by atoms with E-state index >= 15 is 0 Å². The molecule has 0 aliphatic heterocycles. The number of hydrogen-bond acceptors (Lipinski definition) is 3. The van der Waals surface area contributed by atoms with Crippen LogP contribution in [0, 0.1) is 0 Å². The Morgan fingerprint density at radius 3 is 2.37 bits per heavy atom. The Labute approximate surface area is 107 Å². The van der Waals surface area contributed by atoms with Crippen LogP contribution in [0.15, 0.2) is 24.3 Å². The van der Waals surface area contributed by atoms with Crippen LogP contribution in [0.4, 0.5) is 13.2 Å². The van der Waals surface area contributed by atoms with Gasteiger partial charge in [-0.05, 0) is 13.0 Å². The standard InChI is InChI=1S/C12H12F3N3O/c1-7(19)10-16-17-11(18(10)2)8-5-3-4-6-9(8)12(13,14)15/h3-7,19H,1-2H3. The van der Waals surface area contributed by atoms with Gasteiger partial charge in [0.25, 0.3) is 0 Å². The number of hydrogen-bond donors (Lipinski definition) is 1. The van der Waals surface area contributed by atoms with Crippen molar-refractivity contribution < 1.29 is 18.3 Å². The highest BCUT2D eigenvalue weighted by atomic mass is 19.4. The van der Waals surface area contributed by atoms with Crippen molar-refractivity contribution in [1.82, 2.24) is 14.8 Å². The van der Waals surface area contributed by atoms with Gasteiger partial charge < -0.3 is 9.67 Å². The maximum absolute atomic E-state index is 12.9. The van der Waals surface area contributed by atoms with E-state index in [1.165, 1.54) is 36.7 Å². The number of rotatable bonds is 2. The number of halogens is 3. The topological polar surface area (TPSA) is 50.9 Å². The van der Waals surface area contributed by atoms with E-state index in [1.807, 2.05) is 0 Å². The normalized spacial score (nSPS) is 13.6. The molecule has 1 aromatic heterocycles. The minimum atomic E-state index is -4.46. The smallest absolute Gasteiger partial charge is 0.385 e. The molecule has 1 atom stereocenters. The average Bonchev–Trinajstić information content (AvgIpc) is 2.70. The number of nitrogens with zero attached hydrogens (tertiary/aromatic N) is 3. The van der Waals surface area contributed by atoms with Crippen molar-refractivity contribution in [1.29, 1.82) is 0 Å². The lowest BCUT2D eigenvalue weighted by Gasteiger charge is -2.12. The third-order valence-electron chi connectivity index (χ3n) is 2.76. The highest BCUT2D eigenvalue weighted by Crippen LogP contribution is 2.36. The minimum absolute atomic E-state index is 0.0584. The van der Waals surface area contributed by atoms with Gasteiger partial charge in [-0.2, -0.15) is 13.2 Å². The Morgan fingerprint density at radius 2 is 1.84 bits per heavy atom. The summed E-state index contributed by atoms with van der Waals surface area (Å²) in [7, 11) is 1.52. The first-order valence-electron chi connectivity index (χ1n) is 5.56. The van der Waals surface area contributed by atoms with Crippen molar-refractivity contribution in [2.45, 2.75) is 19.2 Å². The maximum Gasteiger partial charge on any atom is 0.417 e. The van der Waals surface area contributed by atoms with E-state index in [2.05, 4.69) is 10.2 Å². The molecular weight excluding hydrogens is 259 g/mol. The van der Waals surface area contributed by atoms with E-state index in [4.69, 9.17) is 0 Å². The predicted molar refractivity (Wildman–Crippen MR) is 62.1 cm³/mol. The van der Waals surface area contributed by atoms with Crippen LogP contribution in [0.3, 0.4) is 0 Å². The van der Waals surface area contributed by atoms with E-state index in [0.717, 1.165) is 6.07 Å². The molecule has 0 bridgehead atoms. The molecule has 2 aromatic rings. The summed E-state index contributed by atoms with van der Waals surface area (Å²) in [5, 5.41) is 16.9. The lowest BCUT2D eigenvalue weighted by Crippen LogP contribution is -2.09. The van der Waals surface area contributed by atoms with Gasteiger partial charge in [0.05, 0.1) is 5.56 Å². The van der Waals surface area contributed by atoms with Crippen LogP contribution in [0.25, 0.3) is 11.4 Å². The van der Waals surface area contributed by atoms with Crippen molar-refractivity contribution in [2.75, 3.05) is 0 Å². The molecule has 4 nitrogen and oxygen atoms in total. The van der Waals surface area contributed by atoms with E-state index in [0.29, 0.717) is 0 Å². The number of benzene rings is 1. The summed E-state index contributed by atoms with van der Waals surface area (Å²) in [5.74, 6) is 0.288. The first kappa shape index (κ1) is 13.5. The average molecular weight is 271 g/mol. The fraction of sp³-hybridized carbons (Fsp3) is 0.333. The van der Waals surface area contributed by atoms with Crippen LogP contribution >= 0.6 is 0 Å². The molecule has 1 aromatic carbocycles. The third-order valence-corrected chi connectivity index (χ3v) is 2.76. The fourth-order valence-electron chi connectivity index (χ4n) is 1.86. The highest BCUT2D eigenvalue weighted by Gasteiger charge is 2.34. The largest absolute Gasteiger partial charge is 0.417 e. The fourth-order valence-corrected chi connectivity index (χ4v) is 1.86. The van der Waals surface area contributed by atoms with Gasteiger partial charge in [-0.3, -0.25) is 0 Å².